The fourth-order valence-electron chi connectivity index (χ4n) is 4.96. The lowest BCUT2D eigenvalue weighted by atomic mass is 10.0. The van der Waals surface area contributed by atoms with E-state index in [2.05, 4.69) is 17.2 Å². The Morgan fingerprint density at radius 2 is 0.968 bits per heavy atom. The molecule has 0 spiro atoms. The van der Waals surface area contributed by atoms with Crippen molar-refractivity contribution in [2.24, 2.45) is 11.5 Å². The van der Waals surface area contributed by atoms with E-state index in [4.69, 9.17) is 55.0 Å². The third-order valence-corrected chi connectivity index (χ3v) is 8.26. The summed E-state index contributed by atoms with van der Waals surface area (Å²) in [5.74, 6) is -6.76. The van der Waals surface area contributed by atoms with E-state index < -0.39 is 54.5 Å². The highest BCUT2D eigenvalue weighted by Crippen LogP contribution is 2.16. The number of carbonyl (C=O) groups excluding carboxylic acids is 2. The maximum absolute atomic E-state index is 11.2. The lowest BCUT2D eigenvalue weighted by molar-refractivity contribution is -0.193. The highest BCUT2D eigenvalue weighted by molar-refractivity contribution is 5.73. The molecule has 24 heteroatoms. The molecular formula is C38H67F6N5O13. The number of unbranched alkanes of at least 4 members (excludes halogenated alkanes) is 15. The van der Waals surface area contributed by atoms with Crippen molar-refractivity contribution >= 4 is 23.9 Å². The van der Waals surface area contributed by atoms with Crippen LogP contribution in [0.1, 0.15) is 121 Å². The van der Waals surface area contributed by atoms with E-state index in [9.17, 15) is 46.1 Å². The van der Waals surface area contributed by atoms with Gasteiger partial charge >= 0.3 is 36.2 Å². The maximum Gasteiger partial charge on any atom is 0.490 e. The van der Waals surface area contributed by atoms with Gasteiger partial charge in [0.25, 0.3) is 0 Å². The van der Waals surface area contributed by atoms with Crippen LogP contribution in [0.25, 0.3) is 0 Å². The molecule has 1 aromatic rings. The standard InChI is InChI=1S/C34H65N5O9.2C2HF3O2/c1-2-3-4-5-6-7-8-9-10-11-12-13-14-15-16-17-18-44-22-29-21-39(38-37-29)30(23-45-25-31(40)27-47-33(42)19-35)24-46-26-32(41)28-48-34(43)20-36;2*3-2(4,5)1(6)7/h21,30-32,40-41H,2-20,22-28,35-36H2,1H3;2*(H,6,7). The van der Waals surface area contributed by atoms with Gasteiger partial charge in [0.05, 0.1) is 52.3 Å². The first-order valence-electron chi connectivity index (χ1n) is 20.6. The molecule has 1 aromatic heterocycles. The first-order chi connectivity index (χ1) is 29.3. The smallest absolute Gasteiger partial charge is 0.475 e. The highest BCUT2D eigenvalue weighted by Gasteiger charge is 2.39. The second-order valence-electron chi connectivity index (χ2n) is 14.0. The summed E-state index contributed by atoms with van der Waals surface area (Å²) in [6.45, 7) is 2.18. The van der Waals surface area contributed by atoms with Gasteiger partial charge in [-0.25, -0.2) is 14.3 Å². The fourth-order valence-corrected chi connectivity index (χ4v) is 4.96. The first kappa shape index (κ1) is 60.4. The Morgan fingerprint density at radius 3 is 1.31 bits per heavy atom. The highest BCUT2D eigenvalue weighted by atomic mass is 19.4. The van der Waals surface area contributed by atoms with Gasteiger partial charge in [-0.15, -0.1) is 5.10 Å². The molecule has 8 N–H and O–H groups in total. The van der Waals surface area contributed by atoms with Crippen LogP contribution in [0.2, 0.25) is 0 Å². The predicted molar refractivity (Wildman–Crippen MR) is 209 cm³/mol. The number of hydrogen-bond donors (Lipinski definition) is 6. The number of hydrogen-bond acceptors (Lipinski definition) is 15. The molecule has 0 radical (unpaired) electrons. The van der Waals surface area contributed by atoms with Gasteiger partial charge in [0.1, 0.15) is 37.2 Å². The second kappa shape index (κ2) is 37.8. The van der Waals surface area contributed by atoms with Crippen LogP contribution in [0.5, 0.6) is 0 Å². The van der Waals surface area contributed by atoms with E-state index in [0.29, 0.717) is 18.9 Å². The molecule has 0 aliphatic heterocycles. The molecule has 0 saturated carbocycles. The third kappa shape index (κ3) is 38.0. The number of aliphatic carboxylic acids is 2. The number of carboxylic acid groups (broad SMARTS) is 2. The average molecular weight is 916 g/mol. The molecule has 1 heterocycles. The summed E-state index contributed by atoms with van der Waals surface area (Å²) in [4.78, 5) is 40.2. The van der Waals surface area contributed by atoms with Crippen molar-refractivity contribution in [1.29, 1.82) is 0 Å². The molecule has 0 aliphatic rings. The van der Waals surface area contributed by atoms with Crippen molar-refractivity contribution in [2.45, 2.75) is 147 Å². The molecule has 2 atom stereocenters. The number of ether oxygens (including phenoxy) is 5. The maximum atomic E-state index is 11.2. The molecule has 62 heavy (non-hydrogen) atoms. The molecule has 18 nitrogen and oxygen atoms in total. The molecule has 0 fully saturated rings. The van der Waals surface area contributed by atoms with Crippen LogP contribution in [-0.4, -0.2) is 143 Å². The van der Waals surface area contributed by atoms with E-state index in [-0.39, 0.29) is 52.7 Å². The number of alkyl halides is 6. The van der Waals surface area contributed by atoms with Crippen LogP contribution >= 0.6 is 0 Å². The van der Waals surface area contributed by atoms with Crippen LogP contribution in [0.3, 0.4) is 0 Å². The van der Waals surface area contributed by atoms with Crippen LogP contribution < -0.4 is 11.5 Å². The van der Waals surface area contributed by atoms with Crippen LogP contribution in [0.15, 0.2) is 6.20 Å². The van der Waals surface area contributed by atoms with Gasteiger partial charge in [-0.2, -0.15) is 26.3 Å². The van der Waals surface area contributed by atoms with Gasteiger partial charge in [0, 0.05) is 6.61 Å². The first-order valence-corrected chi connectivity index (χ1v) is 20.6. The monoisotopic (exact) mass is 915 g/mol. The zero-order chi connectivity index (χ0) is 47.2. The van der Waals surface area contributed by atoms with E-state index >= 15 is 0 Å². The fraction of sp³-hybridized carbons (Fsp3) is 0.842. The SMILES string of the molecule is CCCCCCCCCCCCCCCCCCOCc1cn(C(COCC(O)COC(=O)CN)COCC(O)COC(=O)CN)nn1.O=C(O)C(F)(F)F.O=C(O)C(F)(F)F. The number of halogens is 6. The Bertz CT molecular complexity index is 1240. The Balaban J connectivity index is 0. The average Bonchev–Trinajstić information content (AvgIpc) is 3.69. The molecule has 0 aliphatic carbocycles. The van der Waals surface area contributed by atoms with Crippen molar-refractivity contribution in [3.05, 3.63) is 11.9 Å². The number of nitrogens with zero attached hydrogens (tertiary/aromatic N) is 3. The molecule has 0 bridgehead atoms. The molecule has 2 unspecified atom stereocenters. The summed E-state index contributed by atoms with van der Waals surface area (Å²) in [6.07, 6.45) is 10.7. The topological polar surface area (TPSA) is 278 Å². The summed E-state index contributed by atoms with van der Waals surface area (Å²) in [5.41, 5.74) is 11.0. The van der Waals surface area contributed by atoms with Crippen molar-refractivity contribution in [3.8, 4) is 0 Å². The summed E-state index contributed by atoms with van der Waals surface area (Å²) < 4.78 is 91.7. The van der Waals surface area contributed by atoms with E-state index in [0.717, 1.165) is 12.8 Å². The molecule has 0 amide bonds. The summed E-state index contributed by atoms with van der Waals surface area (Å²) in [6, 6.07) is -0.454. The van der Waals surface area contributed by atoms with Crippen LogP contribution in [-0.2, 0) is 49.5 Å². The lowest BCUT2D eigenvalue weighted by Gasteiger charge is -2.19. The van der Waals surface area contributed by atoms with Crippen molar-refractivity contribution in [2.75, 3.05) is 59.3 Å². The van der Waals surface area contributed by atoms with E-state index in [1.165, 1.54) is 89.9 Å². The van der Waals surface area contributed by atoms with Gasteiger partial charge < -0.3 is 55.6 Å². The van der Waals surface area contributed by atoms with Crippen molar-refractivity contribution < 1.29 is 89.6 Å². The van der Waals surface area contributed by atoms with E-state index in [1.807, 2.05) is 0 Å². The van der Waals surface area contributed by atoms with Crippen molar-refractivity contribution in [1.82, 2.24) is 15.0 Å². The number of aromatic nitrogens is 3. The lowest BCUT2D eigenvalue weighted by Crippen LogP contribution is -2.30. The molecule has 364 valence electrons. The third-order valence-electron chi connectivity index (χ3n) is 8.26. The van der Waals surface area contributed by atoms with Gasteiger partial charge in [-0.1, -0.05) is 108 Å². The number of carboxylic acids is 2. The summed E-state index contributed by atoms with van der Waals surface area (Å²) >= 11 is 0. The predicted octanol–water partition coefficient (Wildman–Crippen LogP) is 4.62. The zero-order valence-electron chi connectivity index (χ0n) is 35.4. The molecule has 0 saturated heterocycles. The minimum absolute atomic E-state index is 0.0863. The number of carbonyl (C=O) groups is 4. The van der Waals surface area contributed by atoms with Gasteiger partial charge in [0.2, 0.25) is 0 Å². The zero-order valence-corrected chi connectivity index (χ0v) is 35.4. The number of rotatable bonds is 34. The minimum Gasteiger partial charge on any atom is -0.475 e. The Labute approximate surface area is 357 Å². The van der Waals surface area contributed by atoms with Crippen molar-refractivity contribution in [3.63, 3.8) is 0 Å². The van der Waals surface area contributed by atoms with E-state index in [1.54, 1.807) is 10.9 Å². The Kier molecular flexibility index (Phi) is 36.9. The summed E-state index contributed by atoms with van der Waals surface area (Å²) in [5, 5.41) is 42.7. The largest absolute Gasteiger partial charge is 0.490 e. The van der Waals surface area contributed by atoms with Gasteiger partial charge in [-0.05, 0) is 6.42 Å². The normalized spacial score (nSPS) is 12.9. The molecular weight excluding hydrogens is 848 g/mol. The Morgan fingerprint density at radius 1 is 0.613 bits per heavy atom. The van der Waals surface area contributed by atoms with Crippen LogP contribution in [0, 0.1) is 0 Å². The quantitative estimate of drug-likeness (QED) is 0.0312. The van der Waals surface area contributed by atoms with Gasteiger partial charge in [-0.3, -0.25) is 9.59 Å². The number of aliphatic hydroxyl groups is 2. The molecule has 1 rings (SSSR count). The second-order valence-corrected chi connectivity index (χ2v) is 14.0. The summed E-state index contributed by atoms with van der Waals surface area (Å²) in [7, 11) is 0. The number of esters is 2. The molecule has 0 aromatic carbocycles. The van der Waals surface area contributed by atoms with Crippen LogP contribution in [0.4, 0.5) is 26.3 Å². The minimum atomic E-state index is -5.08. The van der Waals surface area contributed by atoms with Gasteiger partial charge in [0.15, 0.2) is 0 Å². The number of nitrogens with two attached hydrogens (primary N) is 2. The Hall–Kier alpha value is -3.68. The number of aliphatic hydroxyl groups excluding tert-OH is 2.